The predicted octanol–water partition coefficient (Wildman–Crippen LogP) is 3.18. The zero-order valence-electron chi connectivity index (χ0n) is 12.4. The Labute approximate surface area is 137 Å². The molecule has 2 aromatic carbocycles. The van der Waals surface area contributed by atoms with E-state index < -0.39 is 5.97 Å². The monoisotopic (exact) mass is 330 g/mol. The van der Waals surface area contributed by atoms with Crippen molar-refractivity contribution in [3.8, 4) is 11.5 Å². The Morgan fingerprint density at radius 1 is 1.04 bits per heavy atom. The first kappa shape index (κ1) is 15.4. The molecule has 6 heteroatoms. The highest BCUT2D eigenvalue weighted by Gasteiger charge is 2.17. The van der Waals surface area contributed by atoms with Gasteiger partial charge in [-0.3, -0.25) is 4.79 Å². The normalized spacial score (nSPS) is 12.0. The molecule has 0 N–H and O–H groups in total. The highest BCUT2D eigenvalue weighted by atomic mass is 32.2. The molecule has 1 aliphatic heterocycles. The number of fused-ring (bicyclic) bond motifs is 1. The third-order valence-corrected chi connectivity index (χ3v) is 4.10. The van der Waals surface area contributed by atoms with E-state index in [1.807, 2.05) is 18.4 Å². The van der Waals surface area contributed by atoms with Gasteiger partial charge in [-0.05, 0) is 48.7 Å². The molecule has 5 nitrogen and oxygen atoms in total. The molecule has 2 aromatic rings. The van der Waals surface area contributed by atoms with Crippen LogP contribution in [0.15, 0.2) is 47.4 Å². The van der Waals surface area contributed by atoms with Crippen LogP contribution in [0.25, 0.3) is 0 Å². The second kappa shape index (κ2) is 6.75. The Kier molecular flexibility index (Phi) is 4.52. The van der Waals surface area contributed by atoms with Gasteiger partial charge < -0.3 is 14.2 Å². The number of hydrogen-bond donors (Lipinski definition) is 0. The number of hydrogen-bond acceptors (Lipinski definition) is 6. The molecule has 0 saturated carbocycles. The van der Waals surface area contributed by atoms with E-state index in [2.05, 4.69) is 0 Å². The lowest BCUT2D eigenvalue weighted by Crippen LogP contribution is -2.14. The number of carbonyl (C=O) groups is 2. The second-order valence-corrected chi connectivity index (χ2v) is 5.68. The molecule has 0 atom stereocenters. The first-order valence-electron chi connectivity index (χ1n) is 6.91. The lowest BCUT2D eigenvalue weighted by atomic mass is 10.1. The van der Waals surface area contributed by atoms with Crippen molar-refractivity contribution in [2.45, 2.75) is 4.90 Å². The highest BCUT2D eigenvalue weighted by Crippen LogP contribution is 2.32. The maximum absolute atomic E-state index is 12.1. The summed E-state index contributed by atoms with van der Waals surface area (Å²) in [4.78, 5) is 25.1. The van der Waals surface area contributed by atoms with E-state index in [9.17, 15) is 9.59 Å². The molecule has 0 spiro atoms. The summed E-state index contributed by atoms with van der Waals surface area (Å²) in [5, 5.41) is 0. The molecular formula is C17H14O5S. The van der Waals surface area contributed by atoms with Crippen LogP contribution in [0.1, 0.15) is 20.7 Å². The number of ether oxygens (including phenoxy) is 3. The average molecular weight is 330 g/mol. The van der Waals surface area contributed by atoms with E-state index in [0.717, 1.165) is 4.90 Å². The summed E-state index contributed by atoms with van der Waals surface area (Å²) in [5.41, 5.74) is 0.834. The smallest absolute Gasteiger partial charge is 0.338 e. The fourth-order valence-corrected chi connectivity index (χ4v) is 2.50. The van der Waals surface area contributed by atoms with E-state index in [0.29, 0.717) is 22.6 Å². The summed E-state index contributed by atoms with van der Waals surface area (Å²) >= 11 is 1.59. The van der Waals surface area contributed by atoms with Crippen molar-refractivity contribution >= 4 is 23.5 Å². The van der Waals surface area contributed by atoms with Gasteiger partial charge in [-0.15, -0.1) is 11.8 Å². The summed E-state index contributed by atoms with van der Waals surface area (Å²) in [5.74, 6) is 0.311. The SMILES string of the molecule is CSc1ccc(C(=O)OCC(=O)c2ccc3c(c2)OCO3)cc1. The standard InChI is InChI=1S/C17H14O5S/c1-23-13-5-2-11(3-6-13)17(19)20-9-14(18)12-4-7-15-16(8-12)22-10-21-15/h2-8H,9-10H2,1H3. The van der Waals surface area contributed by atoms with E-state index in [1.165, 1.54) is 0 Å². The van der Waals surface area contributed by atoms with Gasteiger partial charge >= 0.3 is 5.97 Å². The summed E-state index contributed by atoms with van der Waals surface area (Å²) in [6.07, 6.45) is 1.96. The van der Waals surface area contributed by atoms with Crippen molar-refractivity contribution in [2.75, 3.05) is 19.7 Å². The highest BCUT2D eigenvalue weighted by molar-refractivity contribution is 7.98. The van der Waals surface area contributed by atoms with Crippen LogP contribution in [0.4, 0.5) is 0 Å². The van der Waals surface area contributed by atoms with Crippen LogP contribution < -0.4 is 9.47 Å². The Morgan fingerprint density at radius 2 is 1.74 bits per heavy atom. The number of rotatable bonds is 5. The van der Waals surface area contributed by atoms with Crippen LogP contribution in [-0.4, -0.2) is 31.4 Å². The van der Waals surface area contributed by atoms with Crippen molar-refractivity contribution in [2.24, 2.45) is 0 Å². The first-order valence-corrected chi connectivity index (χ1v) is 8.14. The molecule has 118 valence electrons. The molecule has 1 heterocycles. The molecule has 0 unspecified atom stereocenters. The van der Waals surface area contributed by atoms with Crippen LogP contribution in [0, 0.1) is 0 Å². The molecule has 0 aromatic heterocycles. The van der Waals surface area contributed by atoms with Gasteiger partial charge in [-0.1, -0.05) is 0 Å². The zero-order chi connectivity index (χ0) is 16.2. The van der Waals surface area contributed by atoms with Crippen LogP contribution in [0.2, 0.25) is 0 Å². The molecule has 0 bridgehead atoms. The average Bonchev–Trinajstić information content (AvgIpc) is 3.07. The van der Waals surface area contributed by atoms with E-state index in [4.69, 9.17) is 14.2 Å². The molecule has 0 fully saturated rings. The maximum atomic E-state index is 12.1. The Hall–Kier alpha value is -2.47. The van der Waals surface area contributed by atoms with Crippen LogP contribution >= 0.6 is 11.8 Å². The van der Waals surface area contributed by atoms with Crippen molar-refractivity contribution in [1.82, 2.24) is 0 Å². The lowest BCUT2D eigenvalue weighted by molar-refractivity contribution is 0.0474. The van der Waals surface area contributed by atoms with Gasteiger partial charge in [-0.2, -0.15) is 0 Å². The quantitative estimate of drug-likeness (QED) is 0.477. The molecule has 0 saturated heterocycles. The largest absolute Gasteiger partial charge is 0.454 e. The third-order valence-electron chi connectivity index (χ3n) is 3.35. The molecule has 0 radical (unpaired) electrons. The van der Waals surface area contributed by atoms with Crippen molar-refractivity contribution in [3.63, 3.8) is 0 Å². The number of benzene rings is 2. The van der Waals surface area contributed by atoms with Crippen molar-refractivity contribution in [3.05, 3.63) is 53.6 Å². The number of thioether (sulfide) groups is 1. The Morgan fingerprint density at radius 3 is 2.48 bits per heavy atom. The fourth-order valence-electron chi connectivity index (χ4n) is 2.09. The lowest BCUT2D eigenvalue weighted by Gasteiger charge is -2.06. The van der Waals surface area contributed by atoms with Gasteiger partial charge in [-0.25, -0.2) is 4.79 Å². The van der Waals surface area contributed by atoms with Crippen molar-refractivity contribution in [1.29, 1.82) is 0 Å². The number of carbonyl (C=O) groups excluding carboxylic acids is 2. The molecule has 0 aliphatic carbocycles. The molecule has 3 rings (SSSR count). The topological polar surface area (TPSA) is 61.8 Å². The summed E-state index contributed by atoms with van der Waals surface area (Å²) in [7, 11) is 0. The Balaban J connectivity index is 1.60. The van der Waals surface area contributed by atoms with E-state index in [-0.39, 0.29) is 19.2 Å². The van der Waals surface area contributed by atoms with E-state index >= 15 is 0 Å². The Bertz CT molecular complexity index is 739. The first-order chi connectivity index (χ1) is 11.2. The van der Waals surface area contributed by atoms with Crippen LogP contribution in [-0.2, 0) is 4.74 Å². The van der Waals surface area contributed by atoms with Gasteiger partial charge in [0.25, 0.3) is 0 Å². The minimum Gasteiger partial charge on any atom is -0.454 e. The predicted molar refractivity (Wildman–Crippen MR) is 85.4 cm³/mol. The van der Waals surface area contributed by atoms with E-state index in [1.54, 1.807) is 42.1 Å². The summed E-state index contributed by atoms with van der Waals surface area (Å²) < 4.78 is 15.5. The zero-order valence-corrected chi connectivity index (χ0v) is 13.2. The van der Waals surface area contributed by atoms with Gasteiger partial charge in [0.05, 0.1) is 5.56 Å². The molecule has 1 aliphatic rings. The van der Waals surface area contributed by atoms with Crippen LogP contribution in [0.5, 0.6) is 11.5 Å². The summed E-state index contributed by atoms with van der Waals surface area (Å²) in [6.45, 7) is -0.170. The second-order valence-electron chi connectivity index (χ2n) is 4.80. The van der Waals surface area contributed by atoms with Gasteiger partial charge in [0, 0.05) is 10.5 Å². The molecule has 0 amide bonds. The van der Waals surface area contributed by atoms with Gasteiger partial charge in [0.2, 0.25) is 6.79 Å². The van der Waals surface area contributed by atoms with Gasteiger partial charge in [0.1, 0.15) is 0 Å². The number of ketones is 1. The molecule has 23 heavy (non-hydrogen) atoms. The summed E-state index contributed by atoms with van der Waals surface area (Å²) in [6, 6.07) is 11.9. The van der Waals surface area contributed by atoms with Gasteiger partial charge in [0.15, 0.2) is 23.9 Å². The minimum absolute atomic E-state index is 0.147. The number of Topliss-reactive ketones (excluding diaryl/α,β-unsaturated/α-hetero) is 1. The maximum Gasteiger partial charge on any atom is 0.338 e. The molecular weight excluding hydrogens is 316 g/mol. The van der Waals surface area contributed by atoms with Crippen LogP contribution in [0.3, 0.4) is 0 Å². The minimum atomic E-state index is -0.522. The van der Waals surface area contributed by atoms with Crippen molar-refractivity contribution < 1.29 is 23.8 Å². The fraction of sp³-hybridized carbons (Fsp3) is 0.176. The number of esters is 1. The third kappa shape index (κ3) is 3.48.